The molecule has 1 aromatic carbocycles. The number of hydrogen-bond acceptors (Lipinski definition) is 3. The van der Waals surface area contributed by atoms with E-state index < -0.39 is 11.9 Å². The molecule has 0 heterocycles. The molecule has 0 fully saturated rings. The number of anilines is 1. The summed E-state index contributed by atoms with van der Waals surface area (Å²) < 4.78 is 0. The maximum absolute atomic E-state index is 10.6. The van der Waals surface area contributed by atoms with E-state index >= 15 is 0 Å². The minimum Gasteiger partial charge on any atom is -0.478 e. The Morgan fingerprint density at radius 1 is 1.33 bits per heavy atom. The highest BCUT2D eigenvalue weighted by Gasteiger charge is 2.06. The highest BCUT2D eigenvalue weighted by Crippen LogP contribution is 2.13. The molecule has 5 N–H and O–H groups in total. The summed E-state index contributed by atoms with van der Waals surface area (Å²) in [5.41, 5.74) is 10.8. The number of aromatic carboxylic acids is 1. The van der Waals surface area contributed by atoms with Gasteiger partial charge in [-0.25, -0.2) is 4.79 Å². The van der Waals surface area contributed by atoms with Gasteiger partial charge in [0, 0.05) is 11.3 Å². The molecule has 0 unspecified atom stereocenters. The van der Waals surface area contributed by atoms with Crippen LogP contribution in [0.4, 0.5) is 5.69 Å². The Balaban J connectivity index is 3.09. The summed E-state index contributed by atoms with van der Waals surface area (Å²) in [6.07, 6.45) is 0. The Morgan fingerprint density at radius 3 is 2.47 bits per heavy atom. The Kier molecular flexibility index (Phi) is 2.94. The van der Waals surface area contributed by atoms with E-state index in [0.717, 1.165) is 0 Å². The van der Waals surface area contributed by atoms with Gasteiger partial charge in [0.05, 0.1) is 5.56 Å². The van der Waals surface area contributed by atoms with Crippen molar-refractivity contribution >= 4 is 17.6 Å². The molecule has 1 aromatic rings. The summed E-state index contributed by atoms with van der Waals surface area (Å²) in [7, 11) is 0. The van der Waals surface area contributed by atoms with Crippen molar-refractivity contribution in [1.82, 2.24) is 0 Å². The third kappa shape index (κ3) is 2.74. The van der Waals surface area contributed by atoms with Crippen molar-refractivity contribution in [2.75, 3.05) is 5.73 Å². The Morgan fingerprint density at radius 2 is 2.00 bits per heavy atom. The summed E-state index contributed by atoms with van der Waals surface area (Å²) in [4.78, 5) is 21.0. The predicted molar refractivity (Wildman–Crippen MR) is 53.9 cm³/mol. The number of amides is 1. The lowest BCUT2D eigenvalue weighted by Crippen LogP contribution is -2.06. The fraction of sp³-hybridized carbons (Fsp3) is 0. The number of benzene rings is 1. The van der Waals surface area contributed by atoms with Gasteiger partial charge in [-0.2, -0.15) is 0 Å². The summed E-state index contributed by atoms with van der Waals surface area (Å²) in [6.45, 7) is 0. The number of carbonyl (C=O) groups is 2. The monoisotopic (exact) mass is 204 g/mol. The molecule has 0 aliphatic rings. The van der Waals surface area contributed by atoms with Gasteiger partial charge in [-0.05, 0) is 24.1 Å². The molecule has 0 spiro atoms. The van der Waals surface area contributed by atoms with Gasteiger partial charge in [0.1, 0.15) is 0 Å². The van der Waals surface area contributed by atoms with Gasteiger partial charge in [0.25, 0.3) is 5.91 Å². The van der Waals surface area contributed by atoms with E-state index in [-0.39, 0.29) is 11.3 Å². The van der Waals surface area contributed by atoms with E-state index in [1.165, 1.54) is 18.2 Å². The largest absolute Gasteiger partial charge is 0.478 e. The number of rotatable bonds is 1. The average Bonchev–Trinajstić information content (AvgIpc) is 2.14. The van der Waals surface area contributed by atoms with Gasteiger partial charge in [-0.1, -0.05) is 5.92 Å². The van der Waals surface area contributed by atoms with E-state index in [4.69, 9.17) is 16.6 Å². The lowest BCUT2D eigenvalue weighted by molar-refractivity contribution is -0.112. The molecular formula is C10H8N2O3. The second-order valence-corrected chi connectivity index (χ2v) is 2.72. The molecule has 1 rings (SSSR count). The molecule has 5 nitrogen and oxygen atoms in total. The first-order valence-electron chi connectivity index (χ1n) is 3.95. The number of carbonyl (C=O) groups excluding carboxylic acids is 1. The van der Waals surface area contributed by atoms with Crippen LogP contribution >= 0.6 is 0 Å². The average molecular weight is 204 g/mol. The molecule has 0 saturated carbocycles. The first kappa shape index (κ1) is 10.6. The zero-order valence-corrected chi connectivity index (χ0v) is 7.65. The second-order valence-electron chi connectivity index (χ2n) is 2.72. The number of carboxylic acids is 1. The number of hydrogen-bond donors (Lipinski definition) is 3. The summed E-state index contributed by atoms with van der Waals surface area (Å²) in [5, 5.41) is 8.68. The normalized spacial score (nSPS) is 8.80. The van der Waals surface area contributed by atoms with Crippen LogP contribution in [0.3, 0.4) is 0 Å². The van der Waals surface area contributed by atoms with Crippen LogP contribution in [0.15, 0.2) is 18.2 Å². The van der Waals surface area contributed by atoms with Crippen molar-refractivity contribution in [3.8, 4) is 11.8 Å². The van der Waals surface area contributed by atoms with Crippen molar-refractivity contribution in [2.45, 2.75) is 0 Å². The van der Waals surface area contributed by atoms with E-state index in [1.54, 1.807) is 0 Å². The molecular weight excluding hydrogens is 196 g/mol. The molecule has 0 saturated heterocycles. The van der Waals surface area contributed by atoms with E-state index in [2.05, 4.69) is 11.8 Å². The second kappa shape index (κ2) is 4.15. The topological polar surface area (TPSA) is 106 Å². The standard InChI is InChI=1S/C10H8N2O3/c11-8-5-6(2-4-9(12)13)1-3-7(8)10(14)15/h1,3,5H,11H2,(H2,12,13)(H,14,15). The molecule has 0 bridgehead atoms. The molecule has 1 amide bonds. The molecule has 0 aliphatic heterocycles. The molecule has 5 heteroatoms. The number of nitrogen functional groups attached to an aromatic ring is 1. The lowest BCUT2D eigenvalue weighted by atomic mass is 10.1. The van der Waals surface area contributed by atoms with Crippen molar-refractivity contribution in [1.29, 1.82) is 0 Å². The van der Waals surface area contributed by atoms with Gasteiger partial charge < -0.3 is 16.6 Å². The highest BCUT2D eigenvalue weighted by molar-refractivity contribution is 5.94. The van der Waals surface area contributed by atoms with Crippen molar-refractivity contribution in [2.24, 2.45) is 5.73 Å². The van der Waals surface area contributed by atoms with Crippen LogP contribution in [-0.2, 0) is 4.79 Å². The van der Waals surface area contributed by atoms with Gasteiger partial charge in [0.2, 0.25) is 0 Å². The Labute approximate surface area is 85.7 Å². The van der Waals surface area contributed by atoms with Crippen molar-refractivity contribution < 1.29 is 14.7 Å². The lowest BCUT2D eigenvalue weighted by Gasteiger charge is -1.99. The Hall–Kier alpha value is -2.48. The molecule has 15 heavy (non-hydrogen) atoms. The number of nitrogens with two attached hydrogens (primary N) is 2. The van der Waals surface area contributed by atoms with Crippen LogP contribution in [0.2, 0.25) is 0 Å². The minimum atomic E-state index is -1.11. The fourth-order valence-corrected chi connectivity index (χ4v) is 0.969. The predicted octanol–water partition coefficient (Wildman–Crippen LogP) is -0.196. The SMILES string of the molecule is NC(=O)C#Cc1ccc(C(=O)O)c(N)c1. The van der Waals surface area contributed by atoms with Crippen LogP contribution in [0.25, 0.3) is 0 Å². The zero-order chi connectivity index (χ0) is 11.4. The van der Waals surface area contributed by atoms with Crippen LogP contribution in [0.1, 0.15) is 15.9 Å². The summed E-state index contributed by atoms with van der Waals surface area (Å²) in [5.74, 6) is 2.71. The van der Waals surface area contributed by atoms with E-state index in [0.29, 0.717) is 5.56 Å². The molecule has 76 valence electrons. The molecule has 0 radical (unpaired) electrons. The molecule has 0 aliphatic carbocycles. The van der Waals surface area contributed by atoms with Crippen molar-refractivity contribution in [3.05, 3.63) is 29.3 Å². The molecule has 0 aromatic heterocycles. The van der Waals surface area contributed by atoms with Crippen LogP contribution in [-0.4, -0.2) is 17.0 Å². The van der Waals surface area contributed by atoms with E-state index in [9.17, 15) is 9.59 Å². The van der Waals surface area contributed by atoms with Crippen LogP contribution in [0, 0.1) is 11.8 Å². The van der Waals surface area contributed by atoms with Gasteiger partial charge in [-0.15, -0.1) is 0 Å². The summed E-state index contributed by atoms with van der Waals surface area (Å²) >= 11 is 0. The smallest absolute Gasteiger partial charge is 0.337 e. The summed E-state index contributed by atoms with van der Waals surface area (Å²) in [6, 6.07) is 4.15. The van der Waals surface area contributed by atoms with E-state index in [1.807, 2.05) is 0 Å². The molecule has 0 atom stereocenters. The number of carboxylic acid groups (broad SMARTS) is 1. The first-order valence-corrected chi connectivity index (χ1v) is 3.95. The third-order valence-corrected chi connectivity index (χ3v) is 1.61. The van der Waals surface area contributed by atoms with Crippen LogP contribution in [0.5, 0.6) is 0 Å². The van der Waals surface area contributed by atoms with Gasteiger partial charge in [-0.3, -0.25) is 4.79 Å². The minimum absolute atomic E-state index is 0.000347. The van der Waals surface area contributed by atoms with Crippen molar-refractivity contribution in [3.63, 3.8) is 0 Å². The quantitative estimate of drug-likeness (QED) is 0.435. The third-order valence-electron chi connectivity index (χ3n) is 1.61. The van der Waals surface area contributed by atoms with Gasteiger partial charge in [0.15, 0.2) is 0 Å². The first-order chi connectivity index (χ1) is 7.00. The maximum Gasteiger partial charge on any atom is 0.337 e. The fourth-order valence-electron chi connectivity index (χ4n) is 0.969. The zero-order valence-electron chi connectivity index (χ0n) is 7.65. The number of primary amides is 1. The van der Waals surface area contributed by atoms with Crippen LogP contribution < -0.4 is 11.5 Å². The highest BCUT2D eigenvalue weighted by atomic mass is 16.4. The Bertz CT molecular complexity index is 483. The maximum atomic E-state index is 10.6. The van der Waals surface area contributed by atoms with Gasteiger partial charge >= 0.3 is 5.97 Å².